The zero-order chi connectivity index (χ0) is 10.8. The number of hydrogen-bond acceptors (Lipinski definition) is 4. The van der Waals surface area contributed by atoms with E-state index < -0.39 is 0 Å². The van der Waals surface area contributed by atoms with Crippen LogP contribution in [-0.2, 0) is 9.53 Å². The number of aliphatic hydroxyl groups is 1. The molecule has 1 aliphatic heterocycles. The predicted molar refractivity (Wildman–Crippen MR) is 58.5 cm³/mol. The van der Waals surface area contributed by atoms with Crippen molar-refractivity contribution in [1.29, 1.82) is 0 Å². The smallest absolute Gasteiger partial charge is 0.253 e. The number of rotatable bonds is 2. The lowest BCUT2D eigenvalue weighted by Gasteiger charge is -2.30. The Labute approximate surface area is 96.0 Å². The second kappa shape index (κ2) is 4.49. The van der Waals surface area contributed by atoms with Gasteiger partial charge in [0, 0.05) is 0 Å². The molecule has 0 saturated carbocycles. The summed E-state index contributed by atoms with van der Waals surface area (Å²) >= 11 is 7.14. The maximum absolute atomic E-state index is 11.5. The number of amides is 1. The van der Waals surface area contributed by atoms with Crippen LogP contribution in [-0.4, -0.2) is 36.9 Å². The molecule has 1 atom stereocenters. The lowest BCUT2D eigenvalue weighted by atomic mass is 10.3. The highest BCUT2D eigenvalue weighted by Crippen LogP contribution is 2.30. The molecule has 1 aliphatic rings. The molecule has 2 heterocycles. The lowest BCUT2D eigenvalue weighted by Crippen LogP contribution is -2.47. The molecule has 15 heavy (non-hydrogen) atoms. The second-order valence-corrected chi connectivity index (χ2v) is 4.89. The Bertz CT molecular complexity index is 368. The normalized spacial score (nSPS) is 22.1. The third-order valence-corrected chi connectivity index (χ3v) is 3.41. The summed E-state index contributed by atoms with van der Waals surface area (Å²) in [6, 6.07) is 3.54. The number of anilines is 1. The van der Waals surface area contributed by atoms with E-state index in [1.807, 2.05) is 0 Å². The first kappa shape index (κ1) is 10.9. The topological polar surface area (TPSA) is 49.8 Å². The fraction of sp³-hybridized carbons (Fsp3) is 0.444. The summed E-state index contributed by atoms with van der Waals surface area (Å²) in [7, 11) is 0. The summed E-state index contributed by atoms with van der Waals surface area (Å²) in [4.78, 5) is 13.1. The van der Waals surface area contributed by atoms with Crippen molar-refractivity contribution in [2.45, 2.75) is 6.10 Å². The molecule has 1 fully saturated rings. The molecule has 82 valence electrons. The molecule has 2 rings (SSSR count). The number of aliphatic hydroxyl groups excluding tert-OH is 1. The lowest BCUT2D eigenvalue weighted by molar-refractivity contribution is -0.130. The summed E-state index contributed by atoms with van der Waals surface area (Å²) in [5.74, 6) is -0.0989. The van der Waals surface area contributed by atoms with E-state index >= 15 is 0 Å². The molecule has 1 N–H and O–H groups in total. The van der Waals surface area contributed by atoms with Crippen molar-refractivity contribution in [3.05, 3.63) is 16.5 Å². The summed E-state index contributed by atoms with van der Waals surface area (Å²) in [5, 5.41) is 9.76. The number of carbonyl (C=O) groups excluding carboxylic acids is 1. The van der Waals surface area contributed by atoms with Gasteiger partial charge in [-0.2, -0.15) is 0 Å². The van der Waals surface area contributed by atoms with Gasteiger partial charge in [-0.25, -0.2) is 0 Å². The van der Waals surface area contributed by atoms with Gasteiger partial charge in [-0.3, -0.25) is 9.69 Å². The van der Waals surface area contributed by atoms with Crippen LogP contribution in [0.25, 0.3) is 0 Å². The quantitative estimate of drug-likeness (QED) is 0.852. The summed E-state index contributed by atoms with van der Waals surface area (Å²) < 4.78 is 5.77. The average molecular weight is 248 g/mol. The Kier molecular flexibility index (Phi) is 3.25. The van der Waals surface area contributed by atoms with E-state index in [-0.39, 0.29) is 25.2 Å². The molecule has 1 unspecified atom stereocenters. The largest absolute Gasteiger partial charge is 0.394 e. The van der Waals surface area contributed by atoms with E-state index in [1.165, 1.54) is 11.3 Å². The van der Waals surface area contributed by atoms with Crippen LogP contribution in [0.3, 0.4) is 0 Å². The van der Waals surface area contributed by atoms with E-state index in [0.29, 0.717) is 10.9 Å². The molecule has 0 aliphatic carbocycles. The van der Waals surface area contributed by atoms with Crippen LogP contribution in [0.4, 0.5) is 5.00 Å². The summed E-state index contributed by atoms with van der Waals surface area (Å²) in [6.45, 7) is 0.315. The minimum atomic E-state index is -0.302. The number of morpholine rings is 1. The Morgan fingerprint density at radius 3 is 3.07 bits per heavy atom. The van der Waals surface area contributed by atoms with Gasteiger partial charge in [-0.05, 0) is 12.1 Å². The van der Waals surface area contributed by atoms with Gasteiger partial charge in [0.1, 0.15) is 6.61 Å². The van der Waals surface area contributed by atoms with Gasteiger partial charge in [0.15, 0.2) is 0 Å². The third kappa shape index (κ3) is 2.31. The summed E-state index contributed by atoms with van der Waals surface area (Å²) in [5.41, 5.74) is 0. The van der Waals surface area contributed by atoms with E-state index in [2.05, 4.69) is 0 Å². The maximum atomic E-state index is 11.5. The van der Waals surface area contributed by atoms with E-state index in [9.17, 15) is 4.79 Å². The number of carbonyl (C=O) groups is 1. The third-order valence-electron chi connectivity index (χ3n) is 2.16. The fourth-order valence-corrected chi connectivity index (χ4v) is 2.46. The van der Waals surface area contributed by atoms with Crippen molar-refractivity contribution < 1.29 is 14.6 Å². The Morgan fingerprint density at radius 2 is 2.47 bits per heavy atom. The molecule has 0 spiro atoms. The van der Waals surface area contributed by atoms with E-state index in [0.717, 1.165) is 5.00 Å². The van der Waals surface area contributed by atoms with Crippen molar-refractivity contribution >= 4 is 33.8 Å². The molecular weight excluding hydrogens is 238 g/mol. The first-order valence-electron chi connectivity index (χ1n) is 4.49. The van der Waals surface area contributed by atoms with Crippen LogP contribution < -0.4 is 4.90 Å². The van der Waals surface area contributed by atoms with Crippen molar-refractivity contribution in [3.8, 4) is 0 Å². The highest BCUT2D eigenvalue weighted by atomic mass is 35.5. The first-order chi connectivity index (χ1) is 7.20. The molecule has 1 saturated heterocycles. The number of thiophene rings is 1. The van der Waals surface area contributed by atoms with Gasteiger partial charge in [-0.1, -0.05) is 11.6 Å². The number of nitrogens with zero attached hydrogens (tertiary/aromatic N) is 1. The zero-order valence-electron chi connectivity index (χ0n) is 7.85. The van der Waals surface area contributed by atoms with Crippen LogP contribution in [0, 0.1) is 0 Å². The molecule has 0 bridgehead atoms. The number of halogens is 1. The molecular formula is C9H10ClNO3S. The molecule has 1 aromatic rings. The second-order valence-electron chi connectivity index (χ2n) is 3.20. The van der Waals surface area contributed by atoms with Gasteiger partial charge in [0.2, 0.25) is 0 Å². The molecule has 4 nitrogen and oxygen atoms in total. The fourth-order valence-electron chi connectivity index (χ4n) is 1.40. The van der Waals surface area contributed by atoms with Crippen LogP contribution in [0.1, 0.15) is 0 Å². The minimum Gasteiger partial charge on any atom is -0.394 e. The van der Waals surface area contributed by atoms with E-state index in [1.54, 1.807) is 17.0 Å². The predicted octanol–water partition coefficient (Wildman–Crippen LogP) is 1.13. The van der Waals surface area contributed by atoms with Crippen molar-refractivity contribution in [2.75, 3.05) is 24.7 Å². The average Bonchev–Trinajstić information content (AvgIpc) is 2.65. The minimum absolute atomic E-state index is 0.0146. The van der Waals surface area contributed by atoms with Crippen molar-refractivity contribution in [3.63, 3.8) is 0 Å². The van der Waals surface area contributed by atoms with Gasteiger partial charge >= 0.3 is 0 Å². The molecule has 0 radical (unpaired) electrons. The first-order valence-corrected chi connectivity index (χ1v) is 5.68. The van der Waals surface area contributed by atoms with Crippen molar-refractivity contribution in [1.82, 2.24) is 0 Å². The number of ether oxygens (including phenoxy) is 1. The van der Waals surface area contributed by atoms with Crippen LogP contribution in [0.5, 0.6) is 0 Å². The van der Waals surface area contributed by atoms with Crippen LogP contribution >= 0.6 is 22.9 Å². The Balaban J connectivity index is 2.15. The number of hydrogen-bond donors (Lipinski definition) is 1. The van der Waals surface area contributed by atoms with Gasteiger partial charge < -0.3 is 9.84 Å². The van der Waals surface area contributed by atoms with E-state index in [4.69, 9.17) is 21.4 Å². The van der Waals surface area contributed by atoms with Crippen LogP contribution in [0.15, 0.2) is 12.1 Å². The SMILES string of the molecule is O=C1COC(CO)CN1c1ccc(Cl)s1. The van der Waals surface area contributed by atoms with Gasteiger partial charge in [0.05, 0.1) is 28.6 Å². The highest BCUT2D eigenvalue weighted by Gasteiger charge is 2.27. The molecule has 6 heteroatoms. The van der Waals surface area contributed by atoms with Gasteiger partial charge in [-0.15, -0.1) is 11.3 Å². The molecule has 1 amide bonds. The van der Waals surface area contributed by atoms with Gasteiger partial charge in [0.25, 0.3) is 5.91 Å². The Hall–Kier alpha value is -0.620. The highest BCUT2D eigenvalue weighted by molar-refractivity contribution is 7.20. The van der Waals surface area contributed by atoms with Crippen molar-refractivity contribution in [2.24, 2.45) is 0 Å². The standard InChI is InChI=1S/C9H10ClNO3S/c10-7-1-2-9(15-7)11-3-6(4-12)14-5-8(11)13/h1-2,6,12H,3-5H2. The summed E-state index contributed by atoms with van der Waals surface area (Å²) in [6.07, 6.45) is -0.302. The maximum Gasteiger partial charge on any atom is 0.253 e. The van der Waals surface area contributed by atoms with Crippen LogP contribution in [0.2, 0.25) is 4.34 Å². The zero-order valence-corrected chi connectivity index (χ0v) is 9.42. The molecule has 1 aromatic heterocycles. The monoisotopic (exact) mass is 247 g/mol. The Morgan fingerprint density at radius 1 is 1.67 bits per heavy atom. The molecule has 0 aromatic carbocycles.